The number of hydrogen-bond donors (Lipinski definition) is 2. The average Bonchev–Trinajstić information content (AvgIpc) is 3.07. The molecule has 1 aliphatic rings. The summed E-state index contributed by atoms with van der Waals surface area (Å²) in [7, 11) is 0. The molecule has 1 aromatic carbocycles. The summed E-state index contributed by atoms with van der Waals surface area (Å²) in [6.45, 7) is 3.28. The largest absolute Gasteiger partial charge is 0.488 e. The van der Waals surface area contributed by atoms with E-state index in [9.17, 15) is 13.6 Å². The van der Waals surface area contributed by atoms with Crippen LogP contribution in [0.2, 0.25) is 0 Å². The van der Waals surface area contributed by atoms with Gasteiger partial charge in [0, 0.05) is 6.54 Å². The molecule has 2 N–H and O–H groups in total. The standard InChI is InChI=1S/C18H23F2N5O2/c1-12-17(23-24-25(12)14-5-7-21-8-6-14)18(26)22-10-13-3-2-4-15(9-13)27-11-16(19)20/h2-4,9,14,16,21H,5-8,10-11H2,1H3,(H,22,26). The molecule has 27 heavy (non-hydrogen) atoms. The Balaban J connectivity index is 1.59. The highest BCUT2D eigenvalue weighted by Crippen LogP contribution is 2.20. The van der Waals surface area contributed by atoms with Crippen molar-refractivity contribution < 1.29 is 18.3 Å². The number of piperidine rings is 1. The molecule has 7 nitrogen and oxygen atoms in total. The van der Waals surface area contributed by atoms with Gasteiger partial charge in [0.25, 0.3) is 12.3 Å². The maximum absolute atomic E-state index is 12.5. The number of ether oxygens (including phenoxy) is 1. The molecule has 1 aliphatic heterocycles. The third-order valence-corrected chi connectivity index (χ3v) is 4.52. The fourth-order valence-corrected chi connectivity index (χ4v) is 3.12. The number of rotatable bonds is 7. The second-order valence-electron chi connectivity index (χ2n) is 6.48. The summed E-state index contributed by atoms with van der Waals surface area (Å²) >= 11 is 0. The van der Waals surface area contributed by atoms with Gasteiger partial charge in [0.15, 0.2) is 5.69 Å². The van der Waals surface area contributed by atoms with Gasteiger partial charge in [-0.2, -0.15) is 0 Å². The highest BCUT2D eigenvalue weighted by Gasteiger charge is 2.22. The topological polar surface area (TPSA) is 81.1 Å². The van der Waals surface area contributed by atoms with Crippen LogP contribution in [0.25, 0.3) is 0 Å². The van der Waals surface area contributed by atoms with Gasteiger partial charge >= 0.3 is 0 Å². The van der Waals surface area contributed by atoms with Gasteiger partial charge in [-0.3, -0.25) is 4.79 Å². The van der Waals surface area contributed by atoms with Crippen molar-refractivity contribution in [3.63, 3.8) is 0 Å². The first-order valence-corrected chi connectivity index (χ1v) is 8.95. The predicted octanol–water partition coefficient (Wildman–Crippen LogP) is 2.08. The highest BCUT2D eigenvalue weighted by atomic mass is 19.3. The second kappa shape index (κ2) is 8.90. The number of carbonyl (C=O) groups is 1. The Morgan fingerprint density at radius 2 is 2.19 bits per heavy atom. The molecule has 146 valence electrons. The van der Waals surface area contributed by atoms with Crippen LogP contribution < -0.4 is 15.4 Å². The molecule has 0 unspecified atom stereocenters. The van der Waals surface area contributed by atoms with Crippen LogP contribution >= 0.6 is 0 Å². The van der Waals surface area contributed by atoms with E-state index in [0.717, 1.165) is 37.2 Å². The SMILES string of the molecule is Cc1c(C(=O)NCc2cccc(OCC(F)F)c2)nnn1C1CCNCC1. The Morgan fingerprint density at radius 1 is 1.41 bits per heavy atom. The zero-order valence-electron chi connectivity index (χ0n) is 15.1. The number of hydrogen-bond acceptors (Lipinski definition) is 5. The van der Waals surface area contributed by atoms with Crippen molar-refractivity contribution in [2.45, 2.75) is 38.8 Å². The summed E-state index contributed by atoms with van der Waals surface area (Å²) in [4.78, 5) is 12.5. The van der Waals surface area contributed by atoms with E-state index in [-0.39, 0.29) is 18.5 Å². The number of nitrogens with zero attached hydrogens (tertiary/aromatic N) is 3. The number of carbonyl (C=O) groups excluding carboxylic acids is 1. The van der Waals surface area contributed by atoms with Gasteiger partial charge in [0.2, 0.25) is 0 Å². The van der Waals surface area contributed by atoms with Crippen molar-refractivity contribution in [2.24, 2.45) is 0 Å². The Bertz CT molecular complexity index is 775. The first-order valence-electron chi connectivity index (χ1n) is 8.95. The summed E-state index contributed by atoms with van der Waals surface area (Å²) in [5.41, 5.74) is 1.80. The lowest BCUT2D eigenvalue weighted by Gasteiger charge is -2.23. The Morgan fingerprint density at radius 3 is 2.93 bits per heavy atom. The highest BCUT2D eigenvalue weighted by molar-refractivity contribution is 5.93. The maximum atomic E-state index is 12.5. The first-order chi connectivity index (χ1) is 13.0. The molecule has 0 bridgehead atoms. The molecule has 2 aromatic rings. The zero-order chi connectivity index (χ0) is 19.2. The van der Waals surface area contributed by atoms with Gasteiger partial charge in [-0.05, 0) is 50.6 Å². The molecule has 1 aromatic heterocycles. The third-order valence-electron chi connectivity index (χ3n) is 4.52. The maximum Gasteiger partial charge on any atom is 0.274 e. The minimum atomic E-state index is -2.53. The van der Waals surface area contributed by atoms with Gasteiger partial charge in [0.1, 0.15) is 12.4 Å². The Hall–Kier alpha value is -2.55. The van der Waals surface area contributed by atoms with Crippen LogP contribution in [0.15, 0.2) is 24.3 Å². The molecule has 0 atom stereocenters. The van der Waals surface area contributed by atoms with E-state index in [4.69, 9.17) is 4.74 Å². The van der Waals surface area contributed by atoms with Gasteiger partial charge in [-0.25, -0.2) is 13.5 Å². The van der Waals surface area contributed by atoms with Crippen molar-refractivity contribution in [2.75, 3.05) is 19.7 Å². The molecule has 1 amide bonds. The van der Waals surface area contributed by atoms with E-state index < -0.39 is 13.0 Å². The molecular formula is C18H23F2N5O2. The molecule has 9 heteroatoms. The lowest BCUT2D eigenvalue weighted by molar-refractivity contribution is 0.0818. The average molecular weight is 379 g/mol. The fraction of sp³-hybridized carbons (Fsp3) is 0.500. The van der Waals surface area contributed by atoms with Gasteiger partial charge in [0.05, 0.1) is 11.7 Å². The molecule has 1 saturated heterocycles. The summed E-state index contributed by atoms with van der Waals surface area (Å²) in [5.74, 6) is 0.0293. The fourth-order valence-electron chi connectivity index (χ4n) is 3.12. The van der Waals surface area contributed by atoms with E-state index >= 15 is 0 Å². The molecule has 0 radical (unpaired) electrons. The molecular weight excluding hydrogens is 356 g/mol. The molecule has 2 heterocycles. The van der Waals surface area contributed by atoms with Crippen molar-refractivity contribution in [1.29, 1.82) is 0 Å². The van der Waals surface area contributed by atoms with Crippen LogP contribution in [0.3, 0.4) is 0 Å². The van der Waals surface area contributed by atoms with Gasteiger partial charge in [-0.1, -0.05) is 17.3 Å². The molecule has 0 aliphatic carbocycles. The smallest absolute Gasteiger partial charge is 0.274 e. The number of aromatic nitrogens is 3. The van der Waals surface area contributed by atoms with Crippen molar-refractivity contribution >= 4 is 5.91 Å². The first kappa shape index (κ1) is 19.2. The number of benzene rings is 1. The van der Waals surface area contributed by atoms with Crippen LogP contribution in [0, 0.1) is 6.92 Å². The molecule has 3 rings (SSSR count). The van der Waals surface area contributed by atoms with Crippen LogP contribution in [0.4, 0.5) is 8.78 Å². The lowest BCUT2D eigenvalue weighted by Crippen LogP contribution is -2.30. The van der Waals surface area contributed by atoms with Crippen LogP contribution in [0.5, 0.6) is 5.75 Å². The third kappa shape index (κ3) is 5.00. The van der Waals surface area contributed by atoms with Crippen molar-refractivity contribution in [1.82, 2.24) is 25.6 Å². The summed E-state index contributed by atoms with van der Waals surface area (Å²) in [5, 5.41) is 14.3. The minimum Gasteiger partial charge on any atom is -0.488 e. The zero-order valence-corrected chi connectivity index (χ0v) is 15.1. The van der Waals surface area contributed by atoms with Gasteiger partial charge in [-0.15, -0.1) is 5.10 Å². The number of nitrogens with one attached hydrogen (secondary N) is 2. The quantitative estimate of drug-likeness (QED) is 0.770. The Kier molecular flexibility index (Phi) is 6.33. The summed E-state index contributed by atoms with van der Waals surface area (Å²) < 4.78 is 31.3. The van der Waals surface area contributed by atoms with Crippen LogP contribution in [-0.2, 0) is 6.54 Å². The van der Waals surface area contributed by atoms with E-state index in [1.807, 2.05) is 11.6 Å². The lowest BCUT2D eigenvalue weighted by atomic mass is 10.1. The monoisotopic (exact) mass is 379 g/mol. The van der Waals surface area contributed by atoms with E-state index in [0.29, 0.717) is 11.4 Å². The number of amides is 1. The normalized spacial score (nSPS) is 15.1. The molecule has 0 spiro atoms. The second-order valence-corrected chi connectivity index (χ2v) is 6.48. The van der Waals surface area contributed by atoms with E-state index in [2.05, 4.69) is 20.9 Å². The summed E-state index contributed by atoms with van der Waals surface area (Å²) in [6.07, 6.45) is -0.619. The summed E-state index contributed by atoms with van der Waals surface area (Å²) in [6, 6.07) is 6.96. The minimum absolute atomic E-state index is 0.240. The van der Waals surface area contributed by atoms with E-state index in [1.54, 1.807) is 24.3 Å². The van der Waals surface area contributed by atoms with Gasteiger partial charge < -0.3 is 15.4 Å². The van der Waals surface area contributed by atoms with Crippen molar-refractivity contribution in [3.05, 3.63) is 41.2 Å². The molecule has 0 saturated carbocycles. The predicted molar refractivity (Wildman–Crippen MR) is 95.0 cm³/mol. The Labute approximate surface area is 156 Å². The number of alkyl halides is 2. The van der Waals surface area contributed by atoms with Crippen LogP contribution in [-0.4, -0.2) is 47.0 Å². The van der Waals surface area contributed by atoms with Crippen LogP contribution in [0.1, 0.15) is 40.6 Å². The van der Waals surface area contributed by atoms with E-state index in [1.165, 1.54) is 0 Å². The van der Waals surface area contributed by atoms with Crippen molar-refractivity contribution in [3.8, 4) is 5.75 Å². The number of halogens is 2. The molecule has 1 fully saturated rings.